The maximum atomic E-state index is 13.4. The second kappa shape index (κ2) is 7.71. The fraction of sp³-hybridized carbons (Fsp3) is 0.542. The molecule has 0 bridgehead atoms. The summed E-state index contributed by atoms with van der Waals surface area (Å²) in [5.41, 5.74) is 2.02. The molecule has 1 unspecified atom stereocenters. The Morgan fingerprint density at radius 1 is 1.19 bits per heavy atom. The van der Waals surface area contributed by atoms with E-state index in [4.69, 9.17) is 19.4 Å². The van der Waals surface area contributed by atoms with Crippen LogP contribution in [0.1, 0.15) is 49.9 Å². The monoisotopic (exact) mass is 435 g/mol. The van der Waals surface area contributed by atoms with Crippen LogP contribution in [0, 0.1) is 0 Å². The predicted molar refractivity (Wildman–Crippen MR) is 120 cm³/mol. The number of hydrogen-bond donors (Lipinski definition) is 1. The number of nitrogens with zero attached hydrogens (tertiary/aromatic N) is 4. The third kappa shape index (κ3) is 3.08. The van der Waals surface area contributed by atoms with Crippen molar-refractivity contribution in [2.24, 2.45) is 0 Å². The standard InChI is InChI=1S/C24H29N5O3/c1-2-11-28-22-19(26-20(27-22)18-9-6-10-24(18)31-12-13-32-24)21-25-17(15-29(21)23(28)30)14-16-7-4-3-5-8-16/h3-5,7-8,17-18,25H,2,6,9-15H2,1H3/t17-,18?/m1/s1. The zero-order valence-electron chi connectivity index (χ0n) is 18.4. The molecule has 1 aliphatic carbocycles. The number of hydrogen-bond acceptors (Lipinski definition) is 6. The Labute approximate surface area is 186 Å². The van der Waals surface area contributed by atoms with Crippen LogP contribution in [0.25, 0.3) is 11.5 Å². The SMILES string of the molecule is CCCn1c2nc(C3CCCC34OCCO4)nc-2c2n(c1=O)C[C@@H](Cc1ccccc1)N2. The fourth-order valence-electron chi connectivity index (χ4n) is 5.62. The molecule has 8 nitrogen and oxygen atoms in total. The summed E-state index contributed by atoms with van der Waals surface area (Å²) in [5.74, 6) is 1.61. The minimum absolute atomic E-state index is 0.00440. The Bertz CT molecular complexity index is 1140. The van der Waals surface area contributed by atoms with E-state index in [2.05, 4.69) is 36.5 Å². The molecule has 1 aromatic rings. The molecule has 1 aromatic carbocycles. The van der Waals surface area contributed by atoms with Gasteiger partial charge in [0.1, 0.15) is 17.3 Å². The van der Waals surface area contributed by atoms with Crippen LogP contribution in [0.15, 0.2) is 35.1 Å². The Kier molecular flexibility index (Phi) is 4.80. The van der Waals surface area contributed by atoms with E-state index in [0.29, 0.717) is 32.1 Å². The van der Waals surface area contributed by atoms with Crippen molar-refractivity contribution >= 4 is 5.82 Å². The van der Waals surface area contributed by atoms with Crippen LogP contribution in [0.4, 0.5) is 5.82 Å². The molecule has 1 N–H and O–H groups in total. The van der Waals surface area contributed by atoms with Crippen LogP contribution >= 0.6 is 0 Å². The highest BCUT2D eigenvalue weighted by Gasteiger charge is 2.51. The lowest BCUT2D eigenvalue weighted by molar-refractivity contribution is -0.163. The summed E-state index contributed by atoms with van der Waals surface area (Å²) >= 11 is 0. The molecule has 1 spiro atoms. The third-order valence-corrected chi connectivity index (χ3v) is 7.02. The van der Waals surface area contributed by atoms with Crippen LogP contribution in [0.3, 0.4) is 0 Å². The van der Waals surface area contributed by atoms with E-state index in [-0.39, 0.29) is 17.6 Å². The summed E-state index contributed by atoms with van der Waals surface area (Å²) in [6, 6.07) is 10.5. The van der Waals surface area contributed by atoms with Gasteiger partial charge in [0.25, 0.3) is 0 Å². The van der Waals surface area contributed by atoms with Gasteiger partial charge in [-0.3, -0.25) is 9.13 Å². The third-order valence-electron chi connectivity index (χ3n) is 7.02. The predicted octanol–water partition coefficient (Wildman–Crippen LogP) is 3.00. The van der Waals surface area contributed by atoms with Crippen molar-refractivity contribution in [3.63, 3.8) is 0 Å². The van der Waals surface area contributed by atoms with Gasteiger partial charge < -0.3 is 14.8 Å². The summed E-state index contributed by atoms with van der Waals surface area (Å²) < 4.78 is 15.7. The topological polar surface area (TPSA) is 83.2 Å². The quantitative estimate of drug-likeness (QED) is 0.663. The normalized spacial score (nSPS) is 23.8. The Balaban J connectivity index is 1.41. The average molecular weight is 436 g/mol. The molecule has 6 rings (SSSR count). The smallest absolute Gasteiger partial charge is 0.331 e. The van der Waals surface area contributed by atoms with Crippen LogP contribution in [0.2, 0.25) is 0 Å². The molecule has 4 aliphatic heterocycles. The van der Waals surface area contributed by atoms with Crippen LogP contribution < -0.4 is 11.0 Å². The van der Waals surface area contributed by atoms with Gasteiger partial charge in [-0.1, -0.05) is 37.3 Å². The van der Waals surface area contributed by atoms with Crippen molar-refractivity contribution < 1.29 is 9.47 Å². The van der Waals surface area contributed by atoms with Gasteiger partial charge in [0.05, 0.1) is 19.1 Å². The van der Waals surface area contributed by atoms with Gasteiger partial charge in [0, 0.05) is 25.6 Å². The molecule has 2 fully saturated rings. The van der Waals surface area contributed by atoms with Gasteiger partial charge in [0.2, 0.25) is 0 Å². The summed E-state index contributed by atoms with van der Waals surface area (Å²) in [4.78, 5) is 23.3. The highest BCUT2D eigenvalue weighted by molar-refractivity contribution is 5.70. The molecule has 1 saturated carbocycles. The molecule has 4 heterocycles. The molecule has 0 radical (unpaired) electrons. The van der Waals surface area contributed by atoms with Crippen LogP contribution in [0.5, 0.6) is 0 Å². The van der Waals surface area contributed by atoms with E-state index in [1.165, 1.54) is 5.56 Å². The zero-order chi connectivity index (χ0) is 21.7. The first-order valence-electron chi connectivity index (χ1n) is 11.8. The van der Waals surface area contributed by atoms with Gasteiger partial charge in [-0.2, -0.15) is 0 Å². The first-order valence-corrected chi connectivity index (χ1v) is 11.8. The van der Waals surface area contributed by atoms with Crippen molar-refractivity contribution in [1.29, 1.82) is 0 Å². The van der Waals surface area contributed by atoms with E-state index in [1.807, 2.05) is 10.6 Å². The molecule has 5 aliphatic rings. The second-order valence-electron chi connectivity index (χ2n) is 9.13. The number of benzene rings is 1. The largest absolute Gasteiger partial charge is 0.365 e. The van der Waals surface area contributed by atoms with Crippen molar-refractivity contribution in [3.05, 3.63) is 52.2 Å². The first-order chi connectivity index (χ1) is 15.7. The molecule has 8 heteroatoms. The summed E-state index contributed by atoms with van der Waals surface area (Å²) in [6.45, 7) is 4.57. The summed E-state index contributed by atoms with van der Waals surface area (Å²) in [5, 5.41) is 3.59. The number of aromatic nitrogens is 4. The average Bonchev–Trinajstić information content (AvgIpc) is 3.59. The van der Waals surface area contributed by atoms with Crippen molar-refractivity contribution in [2.45, 2.75) is 69.9 Å². The van der Waals surface area contributed by atoms with Crippen LogP contribution in [-0.2, 0) is 29.0 Å². The molecular weight excluding hydrogens is 406 g/mol. The van der Waals surface area contributed by atoms with E-state index in [1.54, 1.807) is 4.57 Å². The lowest BCUT2D eigenvalue weighted by Gasteiger charge is -2.27. The number of rotatable bonds is 5. The lowest BCUT2D eigenvalue weighted by Crippen LogP contribution is -2.33. The summed E-state index contributed by atoms with van der Waals surface area (Å²) in [6.07, 6.45) is 4.55. The molecule has 1 saturated heterocycles. The molecule has 32 heavy (non-hydrogen) atoms. The zero-order valence-corrected chi connectivity index (χ0v) is 18.4. The Morgan fingerprint density at radius 3 is 2.78 bits per heavy atom. The van der Waals surface area contributed by atoms with E-state index in [0.717, 1.165) is 49.4 Å². The highest BCUT2D eigenvalue weighted by atomic mass is 16.7. The number of anilines is 1. The van der Waals surface area contributed by atoms with Gasteiger partial charge >= 0.3 is 5.69 Å². The molecular formula is C24H29N5O3. The van der Waals surface area contributed by atoms with Gasteiger partial charge in [-0.25, -0.2) is 14.8 Å². The number of nitrogens with one attached hydrogen (secondary N) is 1. The Morgan fingerprint density at radius 2 is 2.00 bits per heavy atom. The molecule has 0 aromatic heterocycles. The van der Waals surface area contributed by atoms with Crippen molar-refractivity contribution in [3.8, 4) is 11.5 Å². The lowest BCUT2D eigenvalue weighted by atomic mass is 10.0. The maximum absolute atomic E-state index is 13.4. The summed E-state index contributed by atoms with van der Waals surface area (Å²) in [7, 11) is 0. The van der Waals surface area contributed by atoms with Gasteiger partial charge in [0.15, 0.2) is 11.6 Å². The van der Waals surface area contributed by atoms with Crippen molar-refractivity contribution in [2.75, 3.05) is 18.5 Å². The van der Waals surface area contributed by atoms with Gasteiger partial charge in [-0.15, -0.1) is 0 Å². The Hall–Kier alpha value is -2.71. The minimum Gasteiger partial charge on any atom is -0.365 e. The number of imidazole rings is 1. The van der Waals surface area contributed by atoms with E-state index in [9.17, 15) is 4.79 Å². The molecule has 168 valence electrons. The molecule has 2 atom stereocenters. The number of ether oxygens (including phenoxy) is 2. The van der Waals surface area contributed by atoms with Crippen LogP contribution in [-0.4, -0.2) is 44.1 Å². The van der Waals surface area contributed by atoms with E-state index < -0.39 is 5.79 Å². The molecule has 0 amide bonds. The van der Waals surface area contributed by atoms with E-state index >= 15 is 0 Å². The van der Waals surface area contributed by atoms with Crippen molar-refractivity contribution in [1.82, 2.24) is 19.1 Å². The fourth-order valence-corrected chi connectivity index (χ4v) is 5.62. The van der Waals surface area contributed by atoms with Gasteiger partial charge in [-0.05, 0) is 31.2 Å². The minimum atomic E-state index is -0.597. The maximum Gasteiger partial charge on any atom is 0.331 e. The number of fused-ring (bicyclic) bond motifs is 3. The second-order valence-corrected chi connectivity index (χ2v) is 9.13. The highest BCUT2D eigenvalue weighted by Crippen LogP contribution is 2.48. The first kappa shape index (κ1) is 19.9.